The fourth-order valence-electron chi connectivity index (χ4n) is 5.81. The summed E-state index contributed by atoms with van der Waals surface area (Å²) in [6.07, 6.45) is 0. The van der Waals surface area contributed by atoms with Crippen molar-refractivity contribution in [3.05, 3.63) is 133 Å². The van der Waals surface area contributed by atoms with Crippen LogP contribution in [0.4, 0.5) is 0 Å². The van der Waals surface area contributed by atoms with E-state index in [0.29, 0.717) is 0 Å². The summed E-state index contributed by atoms with van der Waals surface area (Å²) in [7, 11) is 0. The van der Waals surface area contributed by atoms with Gasteiger partial charge in [-0.05, 0) is 67.4 Å². The van der Waals surface area contributed by atoms with Gasteiger partial charge in [0.05, 0.1) is 0 Å². The summed E-state index contributed by atoms with van der Waals surface area (Å²) in [5.74, 6) is 0. The van der Waals surface area contributed by atoms with Crippen LogP contribution in [0.1, 0.15) is 0 Å². The summed E-state index contributed by atoms with van der Waals surface area (Å²) in [5.41, 5.74) is 5.05. The van der Waals surface area contributed by atoms with E-state index in [2.05, 4.69) is 133 Å². The van der Waals surface area contributed by atoms with Crippen LogP contribution in [0.15, 0.2) is 133 Å². The lowest BCUT2D eigenvalue weighted by Gasteiger charge is -2.10. The first-order valence-corrected chi connectivity index (χ1v) is 13.5. The zero-order chi connectivity index (χ0) is 24.3. The number of benzene rings is 7. The maximum absolute atomic E-state index is 2.39. The molecule has 8 aromatic rings. The summed E-state index contributed by atoms with van der Waals surface area (Å²) in [6, 6.07) is 48.9. The predicted octanol–water partition coefficient (Wildman–Crippen LogP) is 10.8. The molecule has 0 unspecified atom stereocenters. The minimum Gasteiger partial charge on any atom is -0.134 e. The van der Waals surface area contributed by atoms with Gasteiger partial charge in [0.1, 0.15) is 0 Å². The molecule has 0 aliphatic rings. The molecule has 0 N–H and O–H groups in total. The van der Waals surface area contributed by atoms with Gasteiger partial charge in [0.15, 0.2) is 0 Å². The monoisotopic (exact) mass is 486 g/mol. The molecule has 0 aliphatic carbocycles. The van der Waals surface area contributed by atoms with E-state index in [1.165, 1.54) is 74.7 Å². The molecule has 37 heavy (non-hydrogen) atoms. The highest BCUT2D eigenvalue weighted by Crippen LogP contribution is 2.45. The normalized spacial score (nSPS) is 11.8. The molecule has 0 spiro atoms. The van der Waals surface area contributed by atoms with Gasteiger partial charge in [-0.25, -0.2) is 0 Å². The molecular weight excluding hydrogens is 464 g/mol. The van der Waals surface area contributed by atoms with E-state index >= 15 is 0 Å². The molecule has 0 radical (unpaired) electrons. The number of thiophene rings is 1. The lowest BCUT2D eigenvalue weighted by molar-refractivity contribution is 1.66. The molecule has 0 fully saturated rings. The Kier molecular flexibility index (Phi) is 4.49. The Morgan fingerprint density at radius 3 is 1.86 bits per heavy atom. The van der Waals surface area contributed by atoms with Crippen molar-refractivity contribution in [3.8, 4) is 22.3 Å². The Hall–Kier alpha value is -4.46. The summed E-state index contributed by atoms with van der Waals surface area (Å²) in [6.45, 7) is 0. The smallest absolute Gasteiger partial charge is 0.0440 e. The predicted molar refractivity (Wildman–Crippen MR) is 163 cm³/mol. The molecule has 1 heterocycles. The SMILES string of the molecule is c1ccc(-c2ccc3c(c2)sc2c4ccc(-c5ccc6ccccc6c5)cc4c4ccccc4c32)cc1. The fraction of sp³-hybridized carbons (Fsp3) is 0. The van der Waals surface area contributed by atoms with E-state index in [4.69, 9.17) is 0 Å². The maximum atomic E-state index is 2.39. The molecule has 0 amide bonds. The van der Waals surface area contributed by atoms with Gasteiger partial charge in [-0.15, -0.1) is 11.3 Å². The quantitative estimate of drug-likeness (QED) is 0.213. The molecular formula is C36H22S. The Balaban J connectivity index is 1.41. The van der Waals surface area contributed by atoms with E-state index in [0.717, 1.165) is 0 Å². The Labute approximate surface area is 219 Å². The third-order valence-corrected chi connectivity index (χ3v) is 8.82. The molecule has 8 rings (SSSR count). The lowest BCUT2D eigenvalue weighted by Crippen LogP contribution is -1.83. The van der Waals surface area contributed by atoms with Gasteiger partial charge in [0.25, 0.3) is 0 Å². The molecule has 0 bridgehead atoms. The van der Waals surface area contributed by atoms with E-state index in [9.17, 15) is 0 Å². The van der Waals surface area contributed by atoms with Crippen LogP contribution in [0.5, 0.6) is 0 Å². The fourth-order valence-corrected chi connectivity index (χ4v) is 7.11. The van der Waals surface area contributed by atoms with Crippen molar-refractivity contribution >= 4 is 63.8 Å². The number of fused-ring (bicyclic) bond motifs is 9. The van der Waals surface area contributed by atoms with Crippen LogP contribution < -0.4 is 0 Å². The van der Waals surface area contributed by atoms with Crippen LogP contribution in [-0.2, 0) is 0 Å². The third kappa shape index (κ3) is 3.21. The van der Waals surface area contributed by atoms with Crippen LogP contribution in [0, 0.1) is 0 Å². The highest BCUT2D eigenvalue weighted by atomic mass is 32.1. The number of hydrogen-bond donors (Lipinski definition) is 0. The van der Waals surface area contributed by atoms with Crippen molar-refractivity contribution in [2.45, 2.75) is 0 Å². The van der Waals surface area contributed by atoms with Crippen molar-refractivity contribution in [1.29, 1.82) is 0 Å². The van der Waals surface area contributed by atoms with Crippen LogP contribution in [0.3, 0.4) is 0 Å². The average Bonchev–Trinajstić information content (AvgIpc) is 3.36. The first kappa shape index (κ1) is 20.7. The third-order valence-electron chi connectivity index (χ3n) is 7.63. The first-order chi connectivity index (χ1) is 18.3. The maximum Gasteiger partial charge on any atom is 0.0440 e. The summed E-state index contributed by atoms with van der Waals surface area (Å²) >= 11 is 1.92. The topological polar surface area (TPSA) is 0 Å². The van der Waals surface area contributed by atoms with Gasteiger partial charge in [0, 0.05) is 25.6 Å². The second-order valence-electron chi connectivity index (χ2n) is 9.75. The second-order valence-corrected chi connectivity index (χ2v) is 10.8. The zero-order valence-corrected chi connectivity index (χ0v) is 20.9. The Morgan fingerprint density at radius 1 is 0.351 bits per heavy atom. The molecule has 0 saturated carbocycles. The molecule has 1 aromatic heterocycles. The highest BCUT2D eigenvalue weighted by Gasteiger charge is 2.15. The first-order valence-electron chi connectivity index (χ1n) is 12.7. The van der Waals surface area contributed by atoms with Crippen LogP contribution in [-0.4, -0.2) is 0 Å². The van der Waals surface area contributed by atoms with Crippen molar-refractivity contribution < 1.29 is 0 Å². The largest absolute Gasteiger partial charge is 0.134 e. The van der Waals surface area contributed by atoms with Gasteiger partial charge in [-0.1, -0.05) is 115 Å². The Bertz CT molecular complexity index is 2130. The van der Waals surface area contributed by atoms with Crippen LogP contribution in [0.25, 0.3) is 74.7 Å². The van der Waals surface area contributed by atoms with Gasteiger partial charge in [-0.2, -0.15) is 0 Å². The Morgan fingerprint density at radius 2 is 1.00 bits per heavy atom. The van der Waals surface area contributed by atoms with Gasteiger partial charge in [0.2, 0.25) is 0 Å². The molecule has 0 aliphatic heterocycles. The zero-order valence-electron chi connectivity index (χ0n) is 20.1. The number of hydrogen-bond acceptors (Lipinski definition) is 1. The van der Waals surface area contributed by atoms with E-state index in [1.54, 1.807) is 0 Å². The number of rotatable bonds is 2. The highest BCUT2D eigenvalue weighted by molar-refractivity contribution is 7.27. The van der Waals surface area contributed by atoms with E-state index in [1.807, 2.05) is 11.3 Å². The molecule has 1 heteroatoms. The van der Waals surface area contributed by atoms with Crippen LogP contribution in [0.2, 0.25) is 0 Å². The molecule has 0 nitrogen and oxygen atoms in total. The minimum atomic E-state index is 1.26. The van der Waals surface area contributed by atoms with Crippen molar-refractivity contribution in [1.82, 2.24) is 0 Å². The van der Waals surface area contributed by atoms with Crippen molar-refractivity contribution in [3.63, 3.8) is 0 Å². The average molecular weight is 487 g/mol. The van der Waals surface area contributed by atoms with Gasteiger partial charge in [-0.3, -0.25) is 0 Å². The van der Waals surface area contributed by atoms with E-state index in [-0.39, 0.29) is 0 Å². The minimum absolute atomic E-state index is 1.26. The van der Waals surface area contributed by atoms with Crippen LogP contribution >= 0.6 is 11.3 Å². The van der Waals surface area contributed by atoms with Crippen molar-refractivity contribution in [2.24, 2.45) is 0 Å². The second kappa shape index (κ2) is 8.03. The van der Waals surface area contributed by atoms with E-state index < -0.39 is 0 Å². The molecule has 172 valence electrons. The van der Waals surface area contributed by atoms with Gasteiger partial charge < -0.3 is 0 Å². The lowest BCUT2D eigenvalue weighted by atomic mass is 9.93. The molecule has 0 atom stereocenters. The van der Waals surface area contributed by atoms with Crippen molar-refractivity contribution in [2.75, 3.05) is 0 Å². The summed E-state index contributed by atoms with van der Waals surface area (Å²) < 4.78 is 2.71. The standard InChI is InChI=1S/C36H22S/c1-2-8-23(9-3-1)28-17-19-32-34(22-28)37-36-31-18-16-27(26-15-14-24-10-4-5-11-25(24)20-26)21-33(31)29-12-6-7-13-30(29)35(32)36/h1-22H. The summed E-state index contributed by atoms with van der Waals surface area (Å²) in [5, 5.41) is 10.6. The van der Waals surface area contributed by atoms with Gasteiger partial charge >= 0.3 is 0 Å². The molecule has 7 aromatic carbocycles. The summed E-state index contributed by atoms with van der Waals surface area (Å²) in [4.78, 5) is 0. The molecule has 0 saturated heterocycles.